The fourth-order valence-electron chi connectivity index (χ4n) is 2.55. The van der Waals surface area contributed by atoms with Gasteiger partial charge in [-0.2, -0.15) is 0 Å². The van der Waals surface area contributed by atoms with Crippen LogP contribution in [0.3, 0.4) is 0 Å². The molecule has 118 valence electrons. The molecule has 0 spiro atoms. The molecule has 0 radical (unpaired) electrons. The molecule has 0 saturated carbocycles. The van der Waals surface area contributed by atoms with E-state index >= 15 is 0 Å². The molecule has 3 rings (SSSR count). The number of carbonyl (C=O) groups is 2. The molecule has 23 heavy (non-hydrogen) atoms. The zero-order valence-electron chi connectivity index (χ0n) is 12.5. The maximum atomic E-state index is 12.5. The molecule has 1 N–H and O–H groups in total. The molecule has 6 heteroatoms. The highest BCUT2D eigenvalue weighted by Gasteiger charge is 2.39. The Morgan fingerprint density at radius 2 is 1.91 bits per heavy atom. The summed E-state index contributed by atoms with van der Waals surface area (Å²) in [7, 11) is 1.53. The zero-order valence-corrected chi connectivity index (χ0v) is 13.2. The maximum absolute atomic E-state index is 12.5. The van der Waals surface area contributed by atoms with Crippen LogP contribution in [0.2, 0.25) is 5.02 Å². The first kappa shape index (κ1) is 15.4. The molecule has 1 fully saturated rings. The van der Waals surface area contributed by atoms with Crippen LogP contribution >= 0.6 is 11.6 Å². The predicted molar refractivity (Wildman–Crippen MR) is 89.0 cm³/mol. The van der Waals surface area contributed by atoms with E-state index in [0.717, 1.165) is 0 Å². The summed E-state index contributed by atoms with van der Waals surface area (Å²) in [5.74, 6) is 0.0587. The normalized spacial score (nSPS) is 17.5. The fourth-order valence-corrected chi connectivity index (χ4v) is 2.81. The molecule has 0 unspecified atom stereocenters. The third-order valence-electron chi connectivity index (χ3n) is 3.65. The first-order valence-electron chi connectivity index (χ1n) is 7.12. The summed E-state index contributed by atoms with van der Waals surface area (Å²) in [5.41, 5.74) is 1.25. The maximum Gasteiger partial charge on any atom is 0.256 e. The minimum atomic E-state index is -0.604. The number of halogens is 1. The van der Waals surface area contributed by atoms with Crippen LogP contribution in [0.1, 0.15) is 6.42 Å². The Morgan fingerprint density at radius 3 is 2.57 bits per heavy atom. The molecule has 1 saturated heterocycles. The first-order valence-corrected chi connectivity index (χ1v) is 7.50. The van der Waals surface area contributed by atoms with E-state index in [2.05, 4.69) is 5.32 Å². The van der Waals surface area contributed by atoms with Gasteiger partial charge in [-0.05, 0) is 30.3 Å². The van der Waals surface area contributed by atoms with Crippen LogP contribution in [0.5, 0.6) is 5.75 Å². The third-order valence-corrected chi connectivity index (χ3v) is 3.95. The van der Waals surface area contributed by atoms with Crippen LogP contribution in [0.25, 0.3) is 0 Å². The topological polar surface area (TPSA) is 58.6 Å². The van der Waals surface area contributed by atoms with Gasteiger partial charge in [-0.1, -0.05) is 29.8 Å². The number of nitrogens with one attached hydrogen (secondary N) is 1. The number of methoxy groups -OCH3 is 1. The van der Waals surface area contributed by atoms with Crippen molar-refractivity contribution in [3.63, 3.8) is 0 Å². The summed E-state index contributed by atoms with van der Waals surface area (Å²) in [6.45, 7) is 0. The number of imide groups is 1. The predicted octanol–water partition coefficient (Wildman–Crippen LogP) is 3.09. The Morgan fingerprint density at radius 1 is 1.17 bits per heavy atom. The van der Waals surface area contributed by atoms with Gasteiger partial charge in [0, 0.05) is 5.69 Å². The molecule has 1 aliphatic rings. The molecular weight excluding hydrogens is 316 g/mol. The largest absolute Gasteiger partial charge is 0.495 e. The number of para-hydroxylation sites is 1. The minimum absolute atomic E-state index is 0.109. The van der Waals surface area contributed by atoms with Gasteiger partial charge in [0.1, 0.15) is 11.8 Å². The Hall–Kier alpha value is -2.53. The van der Waals surface area contributed by atoms with Crippen LogP contribution in [-0.4, -0.2) is 25.0 Å². The number of benzene rings is 2. The van der Waals surface area contributed by atoms with Crippen molar-refractivity contribution in [1.29, 1.82) is 0 Å². The first-order chi connectivity index (χ1) is 11.1. The van der Waals surface area contributed by atoms with Gasteiger partial charge >= 0.3 is 0 Å². The fraction of sp³-hybridized carbons (Fsp3) is 0.176. The molecule has 0 aromatic heterocycles. The second kappa shape index (κ2) is 6.30. The van der Waals surface area contributed by atoms with Gasteiger partial charge in [-0.3, -0.25) is 9.59 Å². The molecule has 1 atom stereocenters. The van der Waals surface area contributed by atoms with Crippen molar-refractivity contribution in [2.45, 2.75) is 12.5 Å². The van der Waals surface area contributed by atoms with Crippen molar-refractivity contribution >= 4 is 34.8 Å². The summed E-state index contributed by atoms with van der Waals surface area (Å²) in [6, 6.07) is 13.4. The second-order valence-corrected chi connectivity index (χ2v) is 5.56. The summed E-state index contributed by atoms with van der Waals surface area (Å²) >= 11 is 6.08. The minimum Gasteiger partial charge on any atom is -0.495 e. The molecule has 2 aromatic carbocycles. The molecular formula is C17H15ClN2O3. The van der Waals surface area contributed by atoms with Gasteiger partial charge in [0.2, 0.25) is 5.91 Å². The Kier molecular flexibility index (Phi) is 4.21. The number of hydrogen-bond donors (Lipinski definition) is 1. The lowest BCUT2D eigenvalue weighted by molar-refractivity contribution is -0.121. The lowest BCUT2D eigenvalue weighted by atomic mass is 10.2. The summed E-state index contributed by atoms with van der Waals surface area (Å²) in [4.78, 5) is 25.9. The number of rotatable bonds is 4. The monoisotopic (exact) mass is 330 g/mol. The van der Waals surface area contributed by atoms with Gasteiger partial charge in [0.15, 0.2) is 0 Å². The molecule has 1 aliphatic heterocycles. The van der Waals surface area contributed by atoms with Crippen LogP contribution in [0.4, 0.5) is 11.4 Å². The summed E-state index contributed by atoms with van der Waals surface area (Å²) < 4.78 is 5.09. The van der Waals surface area contributed by atoms with E-state index in [9.17, 15) is 9.59 Å². The van der Waals surface area contributed by atoms with Crippen molar-refractivity contribution in [3.05, 3.63) is 53.6 Å². The summed E-state index contributed by atoms with van der Waals surface area (Å²) in [5, 5.41) is 3.50. The van der Waals surface area contributed by atoms with E-state index in [1.165, 1.54) is 12.0 Å². The van der Waals surface area contributed by atoms with Crippen molar-refractivity contribution in [3.8, 4) is 5.75 Å². The SMILES string of the molecule is COc1ccc(N[C@@H]2CC(=O)N(c3ccccc3)C2=O)cc1Cl. The lowest BCUT2D eigenvalue weighted by Crippen LogP contribution is -2.34. The van der Waals surface area contributed by atoms with E-state index in [1.807, 2.05) is 6.07 Å². The highest BCUT2D eigenvalue weighted by atomic mass is 35.5. The second-order valence-electron chi connectivity index (χ2n) is 5.15. The molecule has 5 nitrogen and oxygen atoms in total. The van der Waals surface area contributed by atoms with E-state index in [1.54, 1.807) is 42.5 Å². The van der Waals surface area contributed by atoms with Crippen LogP contribution in [0.15, 0.2) is 48.5 Å². The number of carbonyl (C=O) groups excluding carboxylic acids is 2. The highest BCUT2D eigenvalue weighted by Crippen LogP contribution is 2.29. The Balaban J connectivity index is 1.79. The van der Waals surface area contributed by atoms with E-state index in [0.29, 0.717) is 22.1 Å². The highest BCUT2D eigenvalue weighted by molar-refractivity contribution is 6.32. The van der Waals surface area contributed by atoms with Crippen molar-refractivity contribution in [2.24, 2.45) is 0 Å². The number of nitrogens with zero attached hydrogens (tertiary/aromatic N) is 1. The van der Waals surface area contributed by atoms with Crippen LogP contribution < -0.4 is 15.0 Å². The molecule has 0 bridgehead atoms. The smallest absolute Gasteiger partial charge is 0.256 e. The number of anilines is 2. The summed E-state index contributed by atoms with van der Waals surface area (Å²) in [6.07, 6.45) is 0.109. The standard InChI is InChI=1S/C17H15ClN2O3/c1-23-15-8-7-11(9-13(15)18)19-14-10-16(21)20(17(14)22)12-5-3-2-4-6-12/h2-9,14,19H,10H2,1H3/t14-/m1/s1. The van der Waals surface area contributed by atoms with Gasteiger partial charge in [-0.15, -0.1) is 0 Å². The van der Waals surface area contributed by atoms with Crippen molar-refractivity contribution in [1.82, 2.24) is 0 Å². The molecule has 2 aromatic rings. The average molecular weight is 331 g/mol. The lowest BCUT2D eigenvalue weighted by Gasteiger charge is -2.16. The molecule has 2 amide bonds. The van der Waals surface area contributed by atoms with Gasteiger partial charge in [0.25, 0.3) is 5.91 Å². The van der Waals surface area contributed by atoms with E-state index < -0.39 is 6.04 Å². The van der Waals surface area contributed by atoms with Gasteiger partial charge in [0.05, 0.1) is 24.2 Å². The average Bonchev–Trinajstić information content (AvgIpc) is 2.82. The zero-order chi connectivity index (χ0) is 16.4. The third kappa shape index (κ3) is 3.00. The van der Waals surface area contributed by atoms with Crippen LogP contribution in [-0.2, 0) is 9.59 Å². The quantitative estimate of drug-likeness (QED) is 0.875. The van der Waals surface area contributed by atoms with Gasteiger partial charge in [-0.25, -0.2) is 4.90 Å². The Labute approximate surface area is 138 Å². The van der Waals surface area contributed by atoms with Gasteiger partial charge < -0.3 is 10.1 Å². The Bertz CT molecular complexity index is 749. The number of amides is 2. The van der Waals surface area contributed by atoms with E-state index in [-0.39, 0.29) is 18.2 Å². The van der Waals surface area contributed by atoms with Crippen molar-refractivity contribution < 1.29 is 14.3 Å². The van der Waals surface area contributed by atoms with Crippen molar-refractivity contribution in [2.75, 3.05) is 17.3 Å². The molecule has 1 heterocycles. The van der Waals surface area contributed by atoms with E-state index in [4.69, 9.17) is 16.3 Å². The molecule has 0 aliphatic carbocycles. The number of hydrogen-bond acceptors (Lipinski definition) is 4. The number of ether oxygens (including phenoxy) is 1. The van der Waals surface area contributed by atoms with Crippen LogP contribution in [0, 0.1) is 0 Å².